The van der Waals surface area contributed by atoms with Gasteiger partial charge in [-0.1, -0.05) is 13.3 Å². The number of carbonyl (C=O) groups is 1. The van der Waals surface area contributed by atoms with Crippen molar-refractivity contribution in [3.8, 4) is 0 Å². The summed E-state index contributed by atoms with van der Waals surface area (Å²) in [7, 11) is 0. The van der Waals surface area contributed by atoms with E-state index < -0.39 is 0 Å². The molecule has 0 aromatic carbocycles. The number of aromatic nitrogens is 1. The van der Waals surface area contributed by atoms with Crippen molar-refractivity contribution < 1.29 is 4.79 Å². The highest BCUT2D eigenvalue weighted by Crippen LogP contribution is 1.94. The molecule has 0 atom stereocenters. The zero-order chi connectivity index (χ0) is 13.4. The number of hydrogen-bond donors (Lipinski definition) is 1. The standard InChI is InChI=1S/C14H22N2O2/c1-3-4-6-13(17)15-8-5-9-16-10-7-12(2)11-14(16)18/h7,10-11H,3-6,8-9H2,1-2H3,(H,15,17). The molecule has 1 aromatic rings. The van der Waals surface area contributed by atoms with Crippen molar-refractivity contribution in [2.45, 2.75) is 46.1 Å². The van der Waals surface area contributed by atoms with E-state index in [0.29, 0.717) is 19.5 Å². The van der Waals surface area contributed by atoms with Gasteiger partial charge in [-0.2, -0.15) is 0 Å². The van der Waals surface area contributed by atoms with Crippen molar-refractivity contribution >= 4 is 5.91 Å². The quantitative estimate of drug-likeness (QED) is 0.751. The van der Waals surface area contributed by atoms with Crippen LogP contribution in [0.25, 0.3) is 0 Å². The van der Waals surface area contributed by atoms with Crippen LogP contribution in [0.15, 0.2) is 23.1 Å². The lowest BCUT2D eigenvalue weighted by Gasteiger charge is -2.07. The number of amides is 1. The Labute approximate surface area is 108 Å². The maximum Gasteiger partial charge on any atom is 0.250 e. The van der Waals surface area contributed by atoms with Crippen LogP contribution in [0.3, 0.4) is 0 Å². The van der Waals surface area contributed by atoms with Crippen molar-refractivity contribution in [2.24, 2.45) is 0 Å². The van der Waals surface area contributed by atoms with Crippen molar-refractivity contribution in [3.05, 3.63) is 34.2 Å². The first-order valence-corrected chi connectivity index (χ1v) is 6.57. The predicted octanol–water partition coefficient (Wildman–Crippen LogP) is 1.85. The first kappa shape index (κ1) is 14.5. The van der Waals surface area contributed by atoms with Crippen molar-refractivity contribution in [3.63, 3.8) is 0 Å². The fourth-order valence-corrected chi connectivity index (χ4v) is 1.69. The molecule has 4 nitrogen and oxygen atoms in total. The SMILES string of the molecule is CCCCC(=O)NCCCn1ccc(C)cc1=O. The first-order valence-electron chi connectivity index (χ1n) is 6.57. The molecule has 18 heavy (non-hydrogen) atoms. The summed E-state index contributed by atoms with van der Waals surface area (Å²) in [6.07, 6.45) is 5.15. The summed E-state index contributed by atoms with van der Waals surface area (Å²) in [5.74, 6) is 0.105. The molecule has 1 rings (SSSR count). The fourth-order valence-electron chi connectivity index (χ4n) is 1.69. The van der Waals surface area contributed by atoms with Gasteiger partial charge < -0.3 is 9.88 Å². The number of carbonyl (C=O) groups excluding carboxylic acids is 1. The molecule has 0 unspecified atom stereocenters. The van der Waals surface area contributed by atoms with Crippen LogP contribution in [-0.4, -0.2) is 17.0 Å². The molecule has 100 valence electrons. The maximum absolute atomic E-state index is 11.6. The van der Waals surface area contributed by atoms with E-state index in [-0.39, 0.29) is 11.5 Å². The van der Waals surface area contributed by atoms with E-state index in [1.165, 1.54) is 0 Å². The Bertz CT molecular complexity index is 438. The van der Waals surface area contributed by atoms with E-state index in [1.54, 1.807) is 16.8 Å². The molecule has 0 saturated heterocycles. The Morgan fingerprint density at radius 1 is 1.39 bits per heavy atom. The lowest BCUT2D eigenvalue weighted by molar-refractivity contribution is -0.121. The van der Waals surface area contributed by atoms with Crippen LogP contribution >= 0.6 is 0 Å². The third kappa shape index (κ3) is 5.17. The van der Waals surface area contributed by atoms with Crippen LogP contribution in [0.4, 0.5) is 0 Å². The van der Waals surface area contributed by atoms with E-state index >= 15 is 0 Å². The second-order valence-corrected chi connectivity index (χ2v) is 4.54. The van der Waals surface area contributed by atoms with Gasteiger partial charge in [0.15, 0.2) is 0 Å². The molecule has 0 aliphatic heterocycles. The minimum atomic E-state index is 0.0207. The van der Waals surface area contributed by atoms with E-state index in [4.69, 9.17) is 0 Å². The lowest BCUT2D eigenvalue weighted by atomic mass is 10.2. The number of pyridine rings is 1. The van der Waals surface area contributed by atoms with Crippen LogP contribution in [0.5, 0.6) is 0 Å². The summed E-state index contributed by atoms with van der Waals surface area (Å²) in [6, 6.07) is 3.54. The maximum atomic E-state index is 11.6. The van der Waals surface area contributed by atoms with Crippen LogP contribution in [0, 0.1) is 6.92 Å². The molecule has 0 spiro atoms. The van der Waals surface area contributed by atoms with Crippen LogP contribution in [0.2, 0.25) is 0 Å². The molecule has 0 aliphatic carbocycles. The first-order chi connectivity index (χ1) is 8.63. The number of nitrogens with one attached hydrogen (secondary N) is 1. The molecule has 0 bridgehead atoms. The van der Waals surface area contributed by atoms with E-state index in [1.807, 2.05) is 13.0 Å². The molecule has 0 fully saturated rings. The molecule has 1 aromatic heterocycles. The van der Waals surface area contributed by atoms with Gasteiger partial charge in [-0.3, -0.25) is 9.59 Å². The molecule has 0 saturated carbocycles. The summed E-state index contributed by atoms with van der Waals surface area (Å²) in [5, 5.41) is 2.86. The van der Waals surface area contributed by atoms with Gasteiger partial charge in [0.1, 0.15) is 0 Å². The van der Waals surface area contributed by atoms with Gasteiger partial charge >= 0.3 is 0 Å². The summed E-state index contributed by atoms with van der Waals surface area (Å²) in [6.45, 7) is 5.24. The van der Waals surface area contributed by atoms with Crippen molar-refractivity contribution in [1.29, 1.82) is 0 Å². The van der Waals surface area contributed by atoms with Gasteiger partial charge in [-0.15, -0.1) is 0 Å². The van der Waals surface area contributed by atoms with Crippen LogP contribution < -0.4 is 10.9 Å². The highest BCUT2D eigenvalue weighted by molar-refractivity contribution is 5.75. The van der Waals surface area contributed by atoms with Crippen molar-refractivity contribution in [1.82, 2.24) is 9.88 Å². The molecule has 1 heterocycles. The zero-order valence-corrected chi connectivity index (χ0v) is 11.2. The molecule has 4 heteroatoms. The van der Waals surface area contributed by atoms with Crippen molar-refractivity contribution in [2.75, 3.05) is 6.54 Å². The highest BCUT2D eigenvalue weighted by Gasteiger charge is 2.00. The van der Waals surface area contributed by atoms with Gasteiger partial charge in [-0.25, -0.2) is 0 Å². The molecule has 1 amide bonds. The summed E-state index contributed by atoms with van der Waals surface area (Å²) in [4.78, 5) is 22.9. The largest absolute Gasteiger partial charge is 0.356 e. The summed E-state index contributed by atoms with van der Waals surface area (Å²) in [5.41, 5.74) is 0.997. The Morgan fingerprint density at radius 3 is 2.83 bits per heavy atom. The minimum absolute atomic E-state index is 0.0207. The molecule has 1 N–H and O–H groups in total. The lowest BCUT2D eigenvalue weighted by Crippen LogP contribution is -2.26. The van der Waals surface area contributed by atoms with Crippen LogP contribution in [0.1, 0.15) is 38.2 Å². The van der Waals surface area contributed by atoms with Gasteiger partial charge in [-0.05, 0) is 31.4 Å². The van der Waals surface area contributed by atoms with E-state index in [0.717, 1.165) is 24.8 Å². The molecule has 0 radical (unpaired) electrons. The monoisotopic (exact) mass is 250 g/mol. The normalized spacial score (nSPS) is 10.3. The predicted molar refractivity (Wildman–Crippen MR) is 72.6 cm³/mol. The second kappa shape index (κ2) is 7.69. The molecular formula is C14H22N2O2. The smallest absolute Gasteiger partial charge is 0.250 e. The van der Waals surface area contributed by atoms with Gasteiger partial charge in [0.05, 0.1) is 0 Å². The molecular weight excluding hydrogens is 228 g/mol. The van der Waals surface area contributed by atoms with Gasteiger partial charge in [0, 0.05) is 31.8 Å². The fraction of sp³-hybridized carbons (Fsp3) is 0.571. The summed E-state index contributed by atoms with van der Waals surface area (Å²) < 4.78 is 1.67. The third-order valence-corrected chi connectivity index (χ3v) is 2.81. The number of unbranched alkanes of at least 4 members (excludes halogenated alkanes) is 1. The minimum Gasteiger partial charge on any atom is -0.356 e. The average Bonchev–Trinajstić information content (AvgIpc) is 2.34. The number of hydrogen-bond acceptors (Lipinski definition) is 2. The van der Waals surface area contributed by atoms with Gasteiger partial charge in [0.2, 0.25) is 5.91 Å². The highest BCUT2D eigenvalue weighted by atomic mass is 16.1. The number of nitrogens with zero attached hydrogens (tertiary/aromatic N) is 1. The Morgan fingerprint density at radius 2 is 2.17 bits per heavy atom. The Balaban J connectivity index is 2.25. The summed E-state index contributed by atoms with van der Waals surface area (Å²) >= 11 is 0. The topological polar surface area (TPSA) is 51.1 Å². The Kier molecular flexibility index (Phi) is 6.19. The van der Waals surface area contributed by atoms with Gasteiger partial charge in [0.25, 0.3) is 5.56 Å². The zero-order valence-electron chi connectivity index (χ0n) is 11.2. The van der Waals surface area contributed by atoms with Crippen LogP contribution in [-0.2, 0) is 11.3 Å². The number of aryl methyl sites for hydroxylation is 2. The van der Waals surface area contributed by atoms with E-state index in [9.17, 15) is 9.59 Å². The third-order valence-electron chi connectivity index (χ3n) is 2.81. The van der Waals surface area contributed by atoms with E-state index in [2.05, 4.69) is 12.2 Å². The Hall–Kier alpha value is -1.58. The second-order valence-electron chi connectivity index (χ2n) is 4.54. The number of rotatable bonds is 7. The molecule has 0 aliphatic rings. The average molecular weight is 250 g/mol.